The van der Waals surface area contributed by atoms with Crippen molar-refractivity contribution >= 4 is 15.9 Å². The first-order valence-electron chi connectivity index (χ1n) is 4.46. The van der Waals surface area contributed by atoms with Gasteiger partial charge >= 0.3 is 0 Å². The average molecular weight is 251 g/mol. The van der Waals surface area contributed by atoms with E-state index in [9.17, 15) is 0 Å². The van der Waals surface area contributed by atoms with E-state index in [2.05, 4.69) is 51.0 Å². The maximum atomic E-state index is 4.42. The van der Waals surface area contributed by atoms with Gasteiger partial charge in [0.05, 0.1) is 0 Å². The van der Waals surface area contributed by atoms with Gasteiger partial charge in [0.25, 0.3) is 0 Å². The van der Waals surface area contributed by atoms with E-state index in [1.54, 1.807) is 0 Å². The smallest absolute Gasteiger partial charge is 0.110 e. The van der Waals surface area contributed by atoms with Crippen molar-refractivity contribution < 1.29 is 0 Å². The molecule has 2 nitrogen and oxygen atoms in total. The predicted molar refractivity (Wildman–Crippen MR) is 61.2 cm³/mol. The molecule has 0 amide bonds. The summed E-state index contributed by atoms with van der Waals surface area (Å²) < 4.78 is 0.945. The molecule has 2 rings (SSSR count). The molecule has 0 fully saturated rings. The van der Waals surface area contributed by atoms with Gasteiger partial charge in [-0.1, -0.05) is 23.8 Å². The minimum absolute atomic E-state index is 0.924. The molecule has 0 atom stereocenters. The summed E-state index contributed by atoms with van der Waals surface area (Å²) in [7, 11) is 0. The summed E-state index contributed by atoms with van der Waals surface area (Å²) in [4.78, 5) is 7.55. The Morgan fingerprint density at radius 1 is 1.29 bits per heavy atom. The van der Waals surface area contributed by atoms with Crippen LogP contribution in [0.2, 0.25) is 0 Å². The van der Waals surface area contributed by atoms with Crippen molar-refractivity contribution in [3.05, 3.63) is 40.3 Å². The maximum Gasteiger partial charge on any atom is 0.110 e. The second-order valence-corrected chi connectivity index (χ2v) is 4.15. The van der Waals surface area contributed by atoms with Crippen LogP contribution in [0.3, 0.4) is 0 Å². The maximum absolute atomic E-state index is 4.42. The quantitative estimate of drug-likeness (QED) is 0.826. The number of benzene rings is 1. The van der Waals surface area contributed by atoms with Crippen LogP contribution in [0.15, 0.2) is 28.9 Å². The van der Waals surface area contributed by atoms with Crippen molar-refractivity contribution in [2.45, 2.75) is 13.8 Å². The lowest BCUT2D eigenvalue weighted by Gasteiger charge is -1.98. The molecule has 0 aliphatic carbocycles. The second-order valence-electron chi connectivity index (χ2n) is 3.35. The van der Waals surface area contributed by atoms with Gasteiger partial charge in [0.1, 0.15) is 16.1 Å². The lowest BCUT2D eigenvalue weighted by Crippen LogP contribution is -1.80. The fourth-order valence-electron chi connectivity index (χ4n) is 1.45. The highest BCUT2D eigenvalue weighted by Crippen LogP contribution is 2.26. The average Bonchev–Trinajstić information content (AvgIpc) is 2.45. The van der Waals surface area contributed by atoms with Gasteiger partial charge in [-0.3, -0.25) is 0 Å². The summed E-state index contributed by atoms with van der Waals surface area (Å²) >= 11 is 3.46. The summed E-state index contributed by atoms with van der Waals surface area (Å²) in [5.74, 6) is 0.924. The highest BCUT2D eigenvalue weighted by Gasteiger charge is 2.07. The highest BCUT2D eigenvalue weighted by molar-refractivity contribution is 9.10. The fourth-order valence-corrected chi connectivity index (χ4v) is 2.05. The Morgan fingerprint density at radius 2 is 2.07 bits per heavy atom. The molecule has 72 valence electrons. The van der Waals surface area contributed by atoms with Gasteiger partial charge in [0.15, 0.2) is 0 Å². The molecule has 0 saturated heterocycles. The van der Waals surface area contributed by atoms with Gasteiger partial charge in [-0.2, -0.15) is 0 Å². The van der Waals surface area contributed by atoms with Gasteiger partial charge in [-0.25, -0.2) is 4.98 Å². The number of nitrogens with zero attached hydrogens (tertiary/aromatic N) is 1. The van der Waals surface area contributed by atoms with E-state index in [4.69, 9.17) is 0 Å². The third-order valence-electron chi connectivity index (χ3n) is 2.07. The summed E-state index contributed by atoms with van der Waals surface area (Å²) in [5, 5.41) is 0. The van der Waals surface area contributed by atoms with Crippen LogP contribution in [0.5, 0.6) is 0 Å². The number of aromatic amines is 1. The number of nitrogens with one attached hydrogen (secondary N) is 1. The summed E-state index contributed by atoms with van der Waals surface area (Å²) in [6.45, 7) is 4.03. The molecule has 0 unspecified atom stereocenters. The number of halogens is 1. The SMILES string of the molecule is Cc1cccc(-c2nc(C)[nH]c2Br)c1. The van der Waals surface area contributed by atoms with Crippen molar-refractivity contribution in [3.8, 4) is 11.3 Å². The summed E-state index contributed by atoms with van der Waals surface area (Å²) in [6, 6.07) is 8.31. The molecule has 0 spiro atoms. The van der Waals surface area contributed by atoms with E-state index in [0.717, 1.165) is 21.7 Å². The zero-order valence-corrected chi connectivity index (χ0v) is 9.72. The van der Waals surface area contributed by atoms with E-state index in [1.807, 2.05) is 13.0 Å². The first-order chi connectivity index (χ1) is 6.66. The molecule has 1 heterocycles. The van der Waals surface area contributed by atoms with Crippen molar-refractivity contribution in [2.75, 3.05) is 0 Å². The molecule has 3 heteroatoms. The molecular formula is C11H11BrN2. The van der Waals surface area contributed by atoms with E-state index in [0.29, 0.717) is 0 Å². The Bertz CT molecular complexity index is 460. The van der Waals surface area contributed by atoms with E-state index >= 15 is 0 Å². The number of imidazole rings is 1. The second kappa shape index (κ2) is 3.58. The fraction of sp³-hybridized carbons (Fsp3) is 0.182. The Balaban J connectivity index is 2.54. The Kier molecular flexibility index (Phi) is 2.42. The number of hydrogen-bond acceptors (Lipinski definition) is 1. The Labute approximate surface area is 91.5 Å². The Morgan fingerprint density at radius 3 is 2.64 bits per heavy atom. The predicted octanol–water partition coefficient (Wildman–Crippen LogP) is 3.46. The number of H-pyrrole nitrogens is 1. The Hall–Kier alpha value is -1.09. The molecule has 1 N–H and O–H groups in total. The third kappa shape index (κ3) is 1.73. The topological polar surface area (TPSA) is 28.7 Å². The number of rotatable bonds is 1. The van der Waals surface area contributed by atoms with Crippen LogP contribution in [0.25, 0.3) is 11.3 Å². The molecule has 14 heavy (non-hydrogen) atoms. The van der Waals surface area contributed by atoms with Crippen LogP contribution in [-0.4, -0.2) is 9.97 Å². The lowest BCUT2D eigenvalue weighted by atomic mass is 10.1. The summed E-state index contributed by atoms with van der Waals surface area (Å²) in [6.07, 6.45) is 0. The van der Waals surface area contributed by atoms with Crippen molar-refractivity contribution in [1.82, 2.24) is 9.97 Å². The molecule has 0 bridgehead atoms. The standard InChI is InChI=1S/C11H11BrN2/c1-7-4-3-5-9(6-7)10-11(12)14-8(2)13-10/h3-6H,1-2H3,(H,13,14). The zero-order chi connectivity index (χ0) is 10.1. The van der Waals surface area contributed by atoms with Gasteiger partial charge in [0.2, 0.25) is 0 Å². The minimum Gasteiger partial charge on any atom is -0.336 e. The molecular weight excluding hydrogens is 240 g/mol. The third-order valence-corrected chi connectivity index (χ3v) is 2.64. The van der Waals surface area contributed by atoms with Gasteiger partial charge < -0.3 is 4.98 Å². The lowest BCUT2D eigenvalue weighted by molar-refractivity contribution is 1.14. The van der Waals surface area contributed by atoms with Crippen molar-refractivity contribution in [3.63, 3.8) is 0 Å². The van der Waals surface area contributed by atoms with Crippen molar-refractivity contribution in [1.29, 1.82) is 0 Å². The largest absolute Gasteiger partial charge is 0.336 e. The monoisotopic (exact) mass is 250 g/mol. The van der Waals surface area contributed by atoms with Crippen molar-refractivity contribution in [2.24, 2.45) is 0 Å². The van der Waals surface area contributed by atoms with Gasteiger partial charge in [-0.05, 0) is 35.8 Å². The van der Waals surface area contributed by atoms with Crippen LogP contribution < -0.4 is 0 Å². The number of aryl methyl sites for hydroxylation is 2. The van der Waals surface area contributed by atoms with E-state index in [-0.39, 0.29) is 0 Å². The molecule has 0 aliphatic rings. The zero-order valence-electron chi connectivity index (χ0n) is 8.13. The molecule has 1 aromatic heterocycles. The highest BCUT2D eigenvalue weighted by atomic mass is 79.9. The number of hydrogen-bond donors (Lipinski definition) is 1. The van der Waals surface area contributed by atoms with Crippen LogP contribution in [0.1, 0.15) is 11.4 Å². The van der Waals surface area contributed by atoms with Crippen LogP contribution in [-0.2, 0) is 0 Å². The minimum atomic E-state index is 0.924. The molecule has 0 aliphatic heterocycles. The molecule has 1 aromatic carbocycles. The van der Waals surface area contributed by atoms with Crippen LogP contribution >= 0.6 is 15.9 Å². The molecule has 0 radical (unpaired) electrons. The molecule has 0 saturated carbocycles. The first-order valence-corrected chi connectivity index (χ1v) is 5.25. The van der Waals surface area contributed by atoms with E-state index in [1.165, 1.54) is 5.56 Å². The first kappa shape index (κ1) is 9.46. The normalized spacial score (nSPS) is 10.5. The van der Waals surface area contributed by atoms with Crippen LogP contribution in [0, 0.1) is 13.8 Å². The number of aromatic nitrogens is 2. The van der Waals surface area contributed by atoms with Crippen LogP contribution in [0.4, 0.5) is 0 Å². The van der Waals surface area contributed by atoms with Gasteiger partial charge in [-0.15, -0.1) is 0 Å². The molecule has 2 aromatic rings. The van der Waals surface area contributed by atoms with E-state index < -0.39 is 0 Å². The summed E-state index contributed by atoms with van der Waals surface area (Å²) in [5.41, 5.74) is 3.36. The van der Waals surface area contributed by atoms with Gasteiger partial charge in [0, 0.05) is 5.56 Å².